The van der Waals surface area contributed by atoms with Gasteiger partial charge in [0.1, 0.15) is 29.5 Å². The number of hydrogen-bond acceptors (Lipinski definition) is 6. The van der Waals surface area contributed by atoms with Crippen molar-refractivity contribution >= 4 is 17.5 Å². The van der Waals surface area contributed by atoms with Crippen molar-refractivity contribution in [2.75, 3.05) is 17.7 Å². The largest absolute Gasteiger partial charge is 0.373 e. The molecular weight excluding hydrogens is 412 g/mol. The van der Waals surface area contributed by atoms with Crippen molar-refractivity contribution in [2.45, 2.75) is 25.7 Å². The topological polar surface area (TPSA) is 80.5 Å². The first-order valence-electron chi connectivity index (χ1n) is 10.3. The van der Waals surface area contributed by atoms with E-state index in [-0.39, 0.29) is 11.7 Å². The molecule has 2 aromatic carbocycles. The SMILES string of the molecule is CNc1nc(Nc2ccc(-n3ncnc3C)c(F)c2)nc2c1CCC2c1ccc(F)cc1. The van der Waals surface area contributed by atoms with Gasteiger partial charge < -0.3 is 10.6 Å². The van der Waals surface area contributed by atoms with Crippen molar-refractivity contribution in [2.24, 2.45) is 0 Å². The summed E-state index contributed by atoms with van der Waals surface area (Å²) in [5.74, 6) is 1.04. The molecule has 0 radical (unpaired) electrons. The Kier molecular flexibility index (Phi) is 5.01. The molecule has 1 atom stereocenters. The van der Waals surface area contributed by atoms with Gasteiger partial charge in [0.15, 0.2) is 5.82 Å². The van der Waals surface area contributed by atoms with E-state index in [1.807, 2.05) is 7.05 Å². The van der Waals surface area contributed by atoms with Gasteiger partial charge in [0.2, 0.25) is 5.95 Å². The summed E-state index contributed by atoms with van der Waals surface area (Å²) in [5, 5.41) is 10.3. The van der Waals surface area contributed by atoms with Crippen LogP contribution in [0.3, 0.4) is 0 Å². The lowest BCUT2D eigenvalue weighted by Crippen LogP contribution is -2.08. The van der Waals surface area contributed by atoms with E-state index in [4.69, 9.17) is 4.98 Å². The third-order valence-corrected chi connectivity index (χ3v) is 5.71. The summed E-state index contributed by atoms with van der Waals surface area (Å²) in [6.07, 6.45) is 3.08. The Balaban J connectivity index is 1.47. The van der Waals surface area contributed by atoms with Gasteiger partial charge in [0.05, 0.1) is 5.69 Å². The first-order valence-corrected chi connectivity index (χ1v) is 10.3. The fourth-order valence-electron chi connectivity index (χ4n) is 4.16. The number of anilines is 3. The number of nitrogens with one attached hydrogen (secondary N) is 2. The van der Waals surface area contributed by atoms with Crippen LogP contribution >= 0.6 is 0 Å². The molecule has 162 valence electrons. The molecule has 9 heteroatoms. The van der Waals surface area contributed by atoms with Crippen LogP contribution in [0.4, 0.5) is 26.2 Å². The molecule has 0 spiro atoms. The average Bonchev–Trinajstić information content (AvgIpc) is 3.40. The summed E-state index contributed by atoms with van der Waals surface area (Å²) in [6.45, 7) is 1.76. The summed E-state index contributed by atoms with van der Waals surface area (Å²) in [6, 6.07) is 11.3. The number of rotatable bonds is 5. The Morgan fingerprint density at radius 3 is 2.56 bits per heavy atom. The van der Waals surface area contributed by atoms with Crippen LogP contribution in [-0.2, 0) is 6.42 Å². The fraction of sp³-hybridized carbons (Fsp3) is 0.217. The van der Waals surface area contributed by atoms with E-state index in [0.29, 0.717) is 23.1 Å². The predicted molar refractivity (Wildman–Crippen MR) is 117 cm³/mol. The first-order chi connectivity index (χ1) is 15.5. The molecular formula is C23H21F2N7. The minimum Gasteiger partial charge on any atom is -0.373 e. The number of halogens is 2. The van der Waals surface area contributed by atoms with Crippen molar-refractivity contribution in [1.82, 2.24) is 24.7 Å². The molecule has 7 nitrogen and oxygen atoms in total. The highest BCUT2D eigenvalue weighted by Gasteiger charge is 2.29. The second kappa shape index (κ2) is 7.99. The van der Waals surface area contributed by atoms with Crippen molar-refractivity contribution in [3.8, 4) is 5.69 Å². The summed E-state index contributed by atoms with van der Waals surface area (Å²) < 4.78 is 29.6. The molecule has 0 saturated carbocycles. The molecule has 32 heavy (non-hydrogen) atoms. The van der Waals surface area contributed by atoms with Crippen LogP contribution in [0.2, 0.25) is 0 Å². The van der Waals surface area contributed by atoms with Gasteiger partial charge in [-0.05, 0) is 55.7 Å². The molecule has 0 amide bonds. The zero-order chi connectivity index (χ0) is 22.2. The third kappa shape index (κ3) is 3.55. The van der Waals surface area contributed by atoms with E-state index in [1.165, 1.54) is 29.2 Å². The maximum absolute atomic E-state index is 14.8. The second-order valence-corrected chi connectivity index (χ2v) is 7.66. The predicted octanol–water partition coefficient (Wildman–Crippen LogP) is 4.51. The van der Waals surface area contributed by atoms with Gasteiger partial charge in [0.25, 0.3) is 0 Å². The smallest absolute Gasteiger partial charge is 0.229 e. The molecule has 4 aromatic rings. The van der Waals surface area contributed by atoms with Crippen molar-refractivity contribution in [3.05, 3.63) is 83.1 Å². The van der Waals surface area contributed by atoms with Crippen LogP contribution in [0.15, 0.2) is 48.8 Å². The molecule has 0 fully saturated rings. The lowest BCUT2D eigenvalue weighted by molar-refractivity contribution is 0.608. The lowest BCUT2D eigenvalue weighted by Gasteiger charge is -2.15. The quantitative estimate of drug-likeness (QED) is 0.482. The van der Waals surface area contributed by atoms with E-state index in [1.54, 1.807) is 31.2 Å². The Morgan fingerprint density at radius 2 is 1.88 bits per heavy atom. The Hall–Kier alpha value is -3.88. The van der Waals surface area contributed by atoms with Crippen molar-refractivity contribution < 1.29 is 8.78 Å². The minimum atomic E-state index is -0.442. The minimum absolute atomic E-state index is 0.0515. The van der Waals surface area contributed by atoms with Crippen LogP contribution in [-0.4, -0.2) is 31.8 Å². The molecule has 0 bridgehead atoms. The number of nitrogens with zero attached hydrogens (tertiary/aromatic N) is 5. The summed E-state index contributed by atoms with van der Waals surface area (Å²) in [4.78, 5) is 13.4. The molecule has 2 N–H and O–H groups in total. The average molecular weight is 433 g/mol. The number of fused-ring (bicyclic) bond motifs is 1. The van der Waals surface area contributed by atoms with E-state index < -0.39 is 5.82 Å². The van der Waals surface area contributed by atoms with Gasteiger partial charge in [-0.2, -0.15) is 10.1 Å². The maximum atomic E-state index is 14.8. The van der Waals surface area contributed by atoms with Gasteiger partial charge in [-0.3, -0.25) is 0 Å². The van der Waals surface area contributed by atoms with Crippen molar-refractivity contribution in [1.29, 1.82) is 0 Å². The molecule has 1 unspecified atom stereocenters. The monoisotopic (exact) mass is 433 g/mol. The lowest BCUT2D eigenvalue weighted by atomic mass is 9.97. The summed E-state index contributed by atoms with van der Waals surface area (Å²) in [7, 11) is 1.81. The highest BCUT2D eigenvalue weighted by molar-refractivity contribution is 5.61. The van der Waals surface area contributed by atoms with E-state index in [0.717, 1.165) is 35.5 Å². The van der Waals surface area contributed by atoms with Crippen LogP contribution in [0.1, 0.15) is 35.0 Å². The first kappa shape index (κ1) is 20.0. The van der Waals surface area contributed by atoms with Gasteiger partial charge in [-0.15, -0.1) is 0 Å². The van der Waals surface area contributed by atoms with Crippen molar-refractivity contribution in [3.63, 3.8) is 0 Å². The Morgan fingerprint density at radius 1 is 1.06 bits per heavy atom. The summed E-state index contributed by atoms with van der Waals surface area (Å²) in [5.41, 5.74) is 3.79. The summed E-state index contributed by atoms with van der Waals surface area (Å²) >= 11 is 0. The zero-order valence-electron chi connectivity index (χ0n) is 17.6. The molecule has 2 aromatic heterocycles. The van der Waals surface area contributed by atoms with Gasteiger partial charge >= 0.3 is 0 Å². The maximum Gasteiger partial charge on any atom is 0.229 e. The highest BCUT2D eigenvalue weighted by atomic mass is 19.1. The van der Waals surface area contributed by atoms with Crippen LogP contribution in [0.5, 0.6) is 0 Å². The van der Waals surface area contributed by atoms with E-state index in [2.05, 4.69) is 25.7 Å². The third-order valence-electron chi connectivity index (χ3n) is 5.71. The normalized spacial score (nSPS) is 14.9. The van der Waals surface area contributed by atoms with Gasteiger partial charge in [0, 0.05) is 24.2 Å². The molecule has 1 aliphatic carbocycles. The van der Waals surface area contributed by atoms with Crippen LogP contribution < -0.4 is 10.6 Å². The zero-order valence-corrected chi connectivity index (χ0v) is 17.6. The molecule has 1 aliphatic rings. The molecule has 0 aliphatic heterocycles. The van der Waals surface area contributed by atoms with Crippen LogP contribution in [0.25, 0.3) is 5.69 Å². The van der Waals surface area contributed by atoms with E-state index in [9.17, 15) is 8.78 Å². The number of aryl methyl sites for hydroxylation is 1. The standard InChI is InChI=1S/C23H21F2N7/c1-13-27-12-28-32(13)20-10-7-16(11-19(20)25)29-23-30-21-17(14-3-5-15(24)6-4-14)8-9-18(21)22(26-2)31-23/h3-7,10-12,17H,8-9H2,1-2H3,(H2,26,29,30,31). The molecule has 0 saturated heterocycles. The highest BCUT2D eigenvalue weighted by Crippen LogP contribution is 2.40. The molecule has 5 rings (SSSR count). The molecule has 2 heterocycles. The Bertz CT molecular complexity index is 1280. The van der Waals surface area contributed by atoms with Crippen LogP contribution in [0, 0.1) is 18.6 Å². The number of hydrogen-bond donors (Lipinski definition) is 2. The van der Waals surface area contributed by atoms with Gasteiger partial charge in [-0.1, -0.05) is 12.1 Å². The number of benzene rings is 2. The van der Waals surface area contributed by atoms with E-state index >= 15 is 0 Å². The number of aromatic nitrogens is 5. The second-order valence-electron chi connectivity index (χ2n) is 7.66. The Labute approximate surface area is 183 Å². The van der Waals surface area contributed by atoms with Gasteiger partial charge in [-0.25, -0.2) is 23.4 Å². The fourth-order valence-corrected chi connectivity index (χ4v) is 4.16.